The highest BCUT2D eigenvalue weighted by Gasteiger charge is 2.44. The number of nitriles is 2. The van der Waals surface area contributed by atoms with Gasteiger partial charge in [0.1, 0.15) is 32.2 Å². The number of allylic oxidation sites excluding steroid dienone is 5. The number of hydrogen-bond acceptors (Lipinski definition) is 5. The second-order valence-electron chi connectivity index (χ2n) is 7.65. The van der Waals surface area contributed by atoms with Crippen molar-refractivity contribution in [3.05, 3.63) is 111 Å². The van der Waals surface area contributed by atoms with Crippen molar-refractivity contribution in [2.45, 2.75) is 0 Å². The molecule has 0 bridgehead atoms. The molecule has 210 valence electrons. The largest absolute Gasteiger partial charge is 0.237 e. The summed E-state index contributed by atoms with van der Waals surface area (Å²) in [5, 5.41) is 14.1. The van der Waals surface area contributed by atoms with E-state index >= 15 is 0 Å². The number of hydrogen-bond donors (Lipinski definition) is 0. The fraction of sp³-hybridized carbons (Fsp3) is 0. The third-order valence-corrected chi connectivity index (χ3v) is 7.56. The number of halogens is 12. The van der Waals surface area contributed by atoms with Gasteiger partial charge in [0, 0.05) is 16.7 Å². The van der Waals surface area contributed by atoms with Crippen molar-refractivity contribution in [2.24, 2.45) is 0 Å². The Morgan fingerprint density at radius 1 is 0.524 bits per heavy atom. The third kappa shape index (κ3) is 4.93. The molecule has 0 amide bonds. The Balaban J connectivity index is 2.32. The maximum absolute atomic E-state index is 14.3. The molecule has 1 fully saturated rings. The molecular formula is C24Cl6F6N6. The fourth-order valence-electron chi connectivity index (χ4n) is 3.74. The summed E-state index contributed by atoms with van der Waals surface area (Å²) < 4.78 is 85.9. The highest BCUT2D eigenvalue weighted by Crippen LogP contribution is 2.59. The van der Waals surface area contributed by atoms with Gasteiger partial charge in [0.2, 0.25) is 41.4 Å². The monoisotopic (exact) mass is 696 g/mol. The van der Waals surface area contributed by atoms with E-state index in [0.717, 1.165) is 0 Å². The van der Waals surface area contributed by atoms with Crippen LogP contribution in [0.15, 0.2) is 16.7 Å². The lowest BCUT2D eigenvalue weighted by atomic mass is 10.0. The van der Waals surface area contributed by atoms with Gasteiger partial charge in [0.25, 0.3) is 0 Å². The Labute approximate surface area is 260 Å². The molecule has 0 spiro atoms. The van der Waals surface area contributed by atoms with E-state index in [9.17, 15) is 36.9 Å². The van der Waals surface area contributed by atoms with Gasteiger partial charge >= 0.3 is 0 Å². The Bertz CT molecular complexity index is 1690. The van der Waals surface area contributed by atoms with Gasteiger partial charge in [-0.05, 0) is 16.7 Å². The molecule has 3 heterocycles. The van der Waals surface area contributed by atoms with E-state index in [1.165, 1.54) is 0 Å². The Kier molecular flexibility index (Phi) is 8.69. The van der Waals surface area contributed by atoms with Crippen LogP contribution in [-0.4, -0.2) is 15.0 Å². The van der Waals surface area contributed by atoms with Crippen LogP contribution in [-0.2, 0) is 0 Å². The van der Waals surface area contributed by atoms with Gasteiger partial charge in [0.05, 0.1) is 27.8 Å². The van der Waals surface area contributed by atoms with Gasteiger partial charge in [0.15, 0.2) is 0 Å². The lowest BCUT2D eigenvalue weighted by molar-refractivity contribution is 0.512. The first-order valence-electron chi connectivity index (χ1n) is 10.3. The van der Waals surface area contributed by atoms with E-state index < -0.39 is 116 Å². The summed E-state index contributed by atoms with van der Waals surface area (Å²) >= 11 is 35.6. The van der Waals surface area contributed by atoms with Gasteiger partial charge in [-0.15, -0.1) is 0 Å². The molecule has 3 aromatic heterocycles. The minimum Gasteiger partial charge on any atom is -0.237 e. The van der Waals surface area contributed by atoms with Gasteiger partial charge in [-0.25, -0.2) is 4.85 Å². The maximum Gasteiger partial charge on any atom is 0.235 e. The van der Waals surface area contributed by atoms with Crippen molar-refractivity contribution in [1.82, 2.24) is 15.0 Å². The van der Waals surface area contributed by atoms with Crippen LogP contribution in [0.25, 0.3) is 21.7 Å². The predicted molar refractivity (Wildman–Crippen MR) is 141 cm³/mol. The molecule has 6 nitrogen and oxygen atoms in total. The fourth-order valence-corrected chi connectivity index (χ4v) is 5.27. The molecule has 3 aromatic rings. The highest BCUT2D eigenvalue weighted by molar-refractivity contribution is 6.40. The molecular weight excluding hydrogens is 699 g/mol. The summed E-state index contributed by atoms with van der Waals surface area (Å²) in [7, 11) is 0. The van der Waals surface area contributed by atoms with E-state index in [1.54, 1.807) is 12.1 Å². The number of nitrogens with zero attached hydrogens (tertiary/aromatic N) is 6. The molecule has 0 aliphatic heterocycles. The number of pyridine rings is 3. The Morgan fingerprint density at radius 3 is 1.02 bits per heavy atom. The minimum atomic E-state index is -1.63. The lowest BCUT2D eigenvalue weighted by Crippen LogP contribution is -1.99. The zero-order valence-electron chi connectivity index (χ0n) is 19.2. The molecule has 1 aliphatic rings. The van der Waals surface area contributed by atoms with Gasteiger partial charge in [-0.1, -0.05) is 69.6 Å². The number of rotatable bonds is 3. The topological polar surface area (TPSA) is 90.6 Å². The second kappa shape index (κ2) is 11.6. The van der Waals surface area contributed by atoms with Crippen molar-refractivity contribution >= 4 is 86.4 Å². The minimum absolute atomic E-state index is 0.566. The molecule has 0 N–H and O–H groups in total. The third-order valence-electron chi connectivity index (χ3n) is 5.49. The average Bonchev–Trinajstić information content (AvgIpc) is 3.66. The first kappa shape index (κ1) is 31.4. The first-order chi connectivity index (χ1) is 19.7. The van der Waals surface area contributed by atoms with Gasteiger partial charge in [-0.3, -0.25) is 0 Å². The molecule has 1 aliphatic carbocycles. The van der Waals surface area contributed by atoms with Crippen LogP contribution < -0.4 is 0 Å². The average molecular weight is 699 g/mol. The predicted octanol–water partition coefficient (Wildman–Crippen LogP) is 9.23. The van der Waals surface area contributed by atoms with Crippen molar-refractivity contribution in [3.8, 4) is 12.1 Å². The van der Waals surface area contributed by atoms with E-state index in [-0.39, 0.29) is 0 Å². The Morgan fingerprint density at radius 2 is 0.786 bits per heavy atom. The van der Waals surface area contributed by atoms with Crippen LogP contribution in [0, 0.1) is 64.9 Å². The summed E-state index contributed by atoms with van der Waals surface area (Å²) in [6.45, 7) is 7.70. The maximum atomic E-state index is 14.3. The SMILES string of the molecule is [C-]#[N+]C(=C1C(=C(\C#N)c2c(Cl)c(F)nc(F)c2Cl)/C1=C(\C#N)c1c(Cl)c(F)nc(F)c1Cl)c1c(Cl)c(F)nc(F)c1Cl. The van der Waals surface area contributed by atoms with Crippen molar-refractivity contribution in [2.75, 3.05) is 0 Å². The van der Waals surface area contributed by atoms with Crippen molar-refractivity contribution < 1.29 is 26.3 Å². The zero-order chi connectivity index (χ0) is 31.4. The highest BCUT2D eigenvalue weighted by atomic mass is 35.5. The van der Waals surface area contributed by atoms with Gasteiger partial charge in [-0.2, -0.15) is 51.8 Å². The molecule has 4 rings (SSSR count). The van der Waals surface area contributed by atoms with Crippen LogP contribution in [0.2, 0.25) is 30.1 Å². The van der Waals surface area contributed by atoms with E-state index in [0.29, 0.717) is 0 Å². The standard InChI is InChI=1S/C24Cl6F6N6/c1-39-18(11-16(29)23(35)42-24(36)17(11)30)10-6(4(2-37)8-12(25)19(31)40-20(32)13(8)26)7(10)5(3-38)9-14(27)21(33)41-22(34)15(9)28/b6-4-,7-5+,18-10?. The van der Waals surface area contributed by atoms with Crippen LogP contribution >= 0.6 is 69.6 Å². The number of aromatic nitrogens is 3. The Hall–Kier alpha value is -3.54. The van der Waals surface area contributed by atoms with E-state index in [1.807, 2.05) is 0 Å². The summed E-state index contributed by atoms with van der Waals surface area (Å²) in [5.41, 5.74) is -6.69. The molecule has 0 saturated heterocycles. The molecule has 42 heavy (non-hydrogen) atoms. The normalized spacial score (nSPS) is 15.9. The van der Waals surface area contributed by atoms with Gasteiger partial charge < -0.3 is 0 Å². The summed E-state index contributed by atoms with van der Waals surface area (Å²) in [6, 6.07) is 3.11. The van der Waals surface area contributed by atoms with Crippen LogP contribution in [0.5, 0.6) is 0 Å². The molecule has 1 saturated carbocycles. The molecule has 0 atom stereocenters. The molecule has 0 unspecified atom stereocenters. The summed E-state index contributed by atoms with van der Waals surface area (Å²) in [6.07, 6.45) is 0. The van der Waals surface area contributed by atoms with E-state index in [2.05, 4.69) is 19.8 Å². The van der Waals surface area contributed by atoms with Crippen molar-refractivity contribution in [1.29, 1.82) is 10.5 Å². The summed E-state index contributed by atoms with van der Waals surface area (Å²) in [5.74, 6) is -9.75. The molecule has 18 heteroatoms. The molecule has 0 aromatic carbocycles. The van der Waals surface area contributed by atoms with Crippen LogP contribution in [0.1, 0.15) is 16.7 Å². The quantitative estimate of drug-likeness (QED) is 0.118. The summed E-state index contributed by atoms with van der Waals surface area (Å²) in [4.78, 5) is 11.7. The van der Waals surface area contributed by atoms with Crippen molar-refractivity contribution in [3.63, 3.8) is 0 Å². The lowest BCUT2D eigenvalue weighted by Gasteiger charge is -2.07. The van der Waals surface area contributed by atoms with Crippen LogP contribution in [0.3, 0.4) is 0 Å². The first-order valence-corrected chi connectivity index (χ1v) is 12.5. The molecule has 0 radical (unpaired) electrons. The second-order valence-corrected chi connectivity index (χ2v) is 9.92. The smallest absolute Gasteiger partial charge is 0.235 e. The zero-order valence-corrected chi connectivity index (χ0v) is 23.8. The van der Waals surface area contributed by atoms with E-state index in [4.69, 9.17) is 76.2 Å². The van der Waals surface area contributed by atoms with Crippen LogP contribution in [0.4, 0.5) is 26.3 Å².